The van der Waals surface area contributed by atoms with E-state index in [4.69, 9.17) is 0 Å². The van der Waals surface area contributed by atoms with Crippen LogP contribution in [-0.2, 0) is 0 Å². The summed E-state index contributed by atoms with van der Waals surface area (Å²) in [6.07, 6.45) is 3.00. The lowest BCUT2D eigenvalue weighted by molar-refractivity contribution is 0.243. The summed E-state index contributed by atoms with van der Waals surface area (Å²) in [6.45, 7) is 5.71. The van der Waals surface area contributed by atoms with Gasteiger partial charge in [0.2, 0.25) is 0 Å². The fraction of sp³-hybridized carbons (Fsp3) is 0.444. The topological polar surface area (TPSA) is 66.9 Å². The Morgan fingerprint density at radius 2 is 2.00 bits per heavy atom. The van der Waals surface area contributed by atoms with Crippen LogP contribution in [0.5, 0.6) is 0 Å². The maximum Gasteiger partial charge on any atom is 0.320 e. The lowest BCUT2D eigenvalue weighted by atomic mass is 10.1. The smallest absolute Gasteiger partial charge is 0.320 e. The molecule has 0 saturated heterocycles. The summed E-state index contributed by atoms with van der Waals surface area (Å²) in [5, 5.41) is 5.33. The van der Waals surface area contributed by atoms with Crippen molar-refractivity contribution in [2.45, 2.75) is 26.3 Å². The normalized spacial score (nSPS) is 10.9. The van der Waals surface area contributed by atoms with E-state index in [1.165, 1.54) is 12.4 Å². The van der Waals surface area contributed by atoms with Crippen molar-refractivity contribution >= 4 is 27.8 Å². The van der Waals surface area contributed by atoms with Crippen molar-refractivity contribution in [3.63, 3.8) is 0 Å². The van der Waals surface area contributed by atoms with Gasteiger partial charge in [0.15, 0.2) is 5.82 Å². The van der Waals surface area contributed by atoms with E-state index in [0.717, 1.165) is 0 Å². The molecule has 0 aliphatic heterocycles. The molecule has 0 bridgehead atoms. The summed E-state index contributed by atoms with van der Waals surface area (Å²) in [5.41, 5.74) is -0.271. The van der Waals surface area contributed by atoms with Gasteiger partial charge in [0, 0.05) is 5.54 Å². The first-order chi connectivity index (χ1) is 6.87. The summed E-state index contributed by atoms with van der Waals surface area (Å²) in [5.74, 6) is 0.417. The van der Waals surface area contributed by atoms with Crippen LogP contribution in [0.2, 0.25) is 0 Å². The summed E-state index contributed by atoms with van der Waals surface area (Å²) in [4.78, 5) is 19.3. The van der Waals surface area contributed by atoms with E-state index in [-0.39, 0.29) is 11.6 Å². The van der Waals surface area contributed by atoms with Gasteiger partial charge in [-0.25, -0.2) is 14.8 Å². The number of carbonyl (C=O) groups excluding carboxylic acids is 1. The molecule has 0 radical (unpaired) electrons. The van der Waals surface area contributed by atoms with E-state index < -0.39 is 0 Å². The summed E-state index contributed by atoms with van der Waals surface area (Å²) >= 11 is 3.16. The zero-order chi connectivity index (χ0) is 11.5. The van der Waals surface area contributed by atoms with Crippen molar-refractivity contribution in [1.29, 1.82) is 0 Å². The predicted octanol–water partition coefficient (Wildman–Crippen LogP) is 2.16. The highest BCUT2D eigenvalue weighted by Crippen LogP contribution is 2.06. The molecule has 0 fully saturated rings. The molecular formula is C9H13BrN4O. The van der Waals surface area contributed by atoms with Crippen molar-refractivity contribution in [3.8, 4) is 0 Å². The monoisotopic (exact) mass is 272 g/mol. The van der Waals surface area contributed by atoms with Crippen LogP contribution in [0.1, 0.15) is 20.8 Å². The number of halogens is 1. The van der Waals surface area contributed by atoms with E-state index in [0.29, 0.717) is 10.4 Å². The van der Waals surface area contributed by atoms with Crippen LogP contribution in [0.25, 0.3) is 0 Å². The first kappa shape index (κ1) is 11.9. The third-order valence-corrected chi connectivity index (χ3v) is 1.76. The highest BCUT2D eigenvalue weighted by molar-refractivity contribution is 9.10. The molecule has 6 heteroatoms. The minimum atomic E-state index is -0.292. The van der Waals surface area contributed by atoms with Gasteiger partial charge in [-0.1, -0.05) is 0 Å². The van der Waals surface area contributed by atoms with E-state index in [2.05, 4.69) is 36.5 Å². The molecule has 0 aromatic carbocycles. The lowest BCUT2D eigenvalue weighted by Crippen LogP contribution is -2.43. The first-order valence-corrected chi connectivity index (χ1v) is 5.23. The van der Waals surface area contributed by atoms with Crippen LogP contribution in [0.15, 0.2) is 17.0 Å². The molecule has 15 heavy (non-hydrogen) atoms. The highest BCUT2D eigenvalue weighted by atomic mass is 79.9. The second-order valence-electron chi connectivity index (χ2n) is 4.05. The Balaban J connectivity index is 2.55. The molecule has 0 unspecified atom stereocenters. The maximum atomic E-state index is 11.4. The fourth-order valence-corrected chi connectivity index (χ4v) is 1.07. The summed E-state index contributed by atoms with van der Waals surface area (Å²) < 4.78 is 0.629. The van der Waals surface area contributed by atoms with Crippen molar-refractivity contribution in [2.24, 2.45) is 0 Å². The number of hydrogen-bond donors (Lipinski definition) is 2. The third kappa shape index (κ3) is 4.73. The standard InChI is InChI=1S/C9H13BrN4O/c1-9(2,3)14-8(15)13-7-5-11-6(10)4-12-7/h4-5H,1-3H3,(H2,12,13,14,15). The molecule has 1 heterocycles. The van der Waals surface area contributed by atoms with Crippen LogP contribution < -0.4 is 10.6 Å². The minimum Gasteiger partial charge on any atom is -0.333 e. The number of amides is 2. The molecule has 0 aliphatic carbocycles. The maximum absolute atomic E-state index is 11.4. The Kier molecular flexibility index (Phi) is 3.62. The average molecular weight is 273 g/mol. The Bertz CT molecular complexity index is 344. The molecule has 2 N–H and O–H groups in total. The summed E-state index contributed by atoms with van der Waals surface area (Å²) in [7, 11) is 0. The number of carbonyl (C=O) groups is 1. The Hall–Kier alpha value is -1.17. The van der Waals surface area contributed by atoms with Gasteiger partial charge in [0.25, 0.3) is 0 Å². The molecule has 0 atom stereocenters. The van der Waals surface area contributed by atoms with Crippen molar-refractivity contribution in [2.75, 3.05) is 5.32 Å². The van der Waals surface area contributed by atoms with Gasteiger partial charge < -0.3 is 5.32 Å². The zero-order valence-corrected chi connectivity index (χ0v) is 10.4. The molecule has 5 nitrogen and oxygen atoms in total. The van der Waals surface area contributed by atoms with Crippen molar-refractivity contribution in [3.05, 3.63) is 17.0 Å². The Morgan fingerprint density at radius 3 is 2.47 bits per heavy atom. The van der Waals surface area contributed by atoms with Gasteiger partial charge in [-0.3, -0.25) is 5.32 Å². The molecule has 0 spiro atoms. The molecule has 2 amide bonds. The Labute approximate surface area is 96.8 Å². The van der Waals surface area contributed by atoms with Gasteiger partial charge >= 0.3 is 6.03 Å². The van der Waals surface area contributed by atoms with E-state index in [1.54, 1.807) is 0 Å². The van der Waals surface area contributed by atoms with Crippen LogP contribution in [0, 0.1) is 0 Å². The Morgan fingerprint density at radius 1 is 1.33 bits per heavy atom. The van der Waals surface area contributed by atoms with Crippen LogP contribution in [0.3, 0.4) is 0 Å². The number of hydrogen-bond acceptors (Lipinski definition) is 3. The average Bonchev–Trinajstić information content (AvgIpc) is 2.05. The first-order valence-electron chi connectivity index (χ1n) is 4.43. The number of anilines is 1. The second-order valence-corrected chi connectivity index (χ2v) is 4.87. The molecule has 1 aromatic rings. The molecule has 82 valence electrons. The van der Waals surface area contributed by atoms with Gasteiger partial charge in [-0.2, -0.15) is 0 Å². The summed E-state index contributed by atoms with van der Waals surface area (Å²) in [6, 6.07) is -0.292. The number of nitrogens with one attached hydrogen (secondary N) is 2. The number of urea groups is 1. The van der Waals surface area contributed by atoms with Crippen LogP contribution >= 0.6 is 15.9 Å². The predicted molar refractivity (Wildman–Crippen MR) is 61.6 cm³/mol. The molecule has 0 aliphatic rings. The van der Waals surface area contributed by atoms with Crippen molar-refractivity contribution < 1.29 is 4.79 Å². The largest absolute Gasteiger partial charge is 0.333 e. The third-order valence-electron chi connectivity index (χ3n) is 1.35. The van der Waals surface area contributed by atoms with Gasteiger partial charge in [0.05, 0.1) is 12.4 Å². The van der Waals surface area contributed by atoms with E-state index in [1.807, 2.05) is 20.8 Å². The zero-order valence-electron chi connectivity index (χ0n) is 8.84. The number of nitrogens with zero attached hydrogens (tertiary/aromatic N) is 2. The quantitative estimate of drug-likeness (QED) is 0.824. The molecular weight excluding hydrogens is 260 g/mol. The molecule has 1 rings (SSSR count). The van der Waals surface area contributed by atoms with Gasteiger partial charge in [0.1, 0.15) is 4.60 Å². The van der Waals surface area contributed by atoms with E-state index in [9.17, 15) is 4.79 Å². The van der Waals surface area contributed by atoms with Crippen molar-refractivity contribution in [1.82, 2.24) is 15.3 Å². The molecule has 0 saturated carbocycles. The number of rotatable bonds is 1. The minimum absolute atomic E-state index is 0.271. The van der Waals surface area contributed by atoms with Gasteiger partial charge in [-0.05, 0) is 36.7 Å². The number of aromatic nitrogens is 2. The van der Waals surface area contributed by atoms with Crippen LogP contribution in [-0.4, -0.2) is 21.5 Å². The molecule has 1 aromatic heterocycles. The highest BCUT2D eigenvalue weighted by Gasteiger charge is 2.13. The fourth-order valence-electron chi connectivity index (χ4n) is 0.865. The lowest BCUT2D eigenvalue weighted by Gasteiger charge is -2.20. The SMILES string of the molecule is CC(C)(C)NC(=O)Nc1cnc(Br)cn1. The second kappa shape index (κ2) is 4.57. The van der Waals surface area contributed by atoms with Crippen LogP contribution in [0.4, 0.5) is 10.6 Å². The van der Waals surface area contributed by atoms with Gasteiger partial charge in [-0.15, -0.1) is 0 Å². The van der Waals surface area contributed by atoms with E-state index >= 15 is 0 Å².